The molecule has 6 nitrogen and oxygen atoms in total. The minimum Gasteiger partial charge on any atom is -0.477 e. The van der Waals surface area contributed by atoms with E-state index in [1.807, 2.05) is 5.32 Å². The van der Waals surface area contributed by atoms with Gasteiger partial charge < -0.3 is 10.1 Å². The molecule has 0 heterocycles. The Morgan fingerprint density at radius 3 is 2.58 bits per heavy atom. The topological polar surface area (TPSA) is 81.5 Å². The quantitative estimate of drug-likeness (QED) is 0.501. The van der Waals surface area contributed by atoms with Crippen molar-refractivity contribution >= 4 is 28.9 Å². The van der Waals surface area contributed by atoms with Crippen LogP contribution in [-0.4, -0.2) is 17.4 Å². The third-order valence-electron chi connectivity index (χ3n) is 2.79. The summed E-state index contributed by atoms with van der Waals surface area (Å²) in [5, 5.41) is 12.9. The number of nitrogens with zero attached hydrogens (tertiary/aromatic N) is 1. The molecule has 1 amide bonds. The van der Waals surface area contributed by atoms with E-state index >= 15 is 0 Å². The van der Waals surface area contributed by atoms with Gasteiger partial charge in [0.05, 0.1) is 10.6 Å². The van der Waals surface area contributed by atoms with Gasteiger partial charge >= 0.3 is 5.69 Å². The van der Waals surface area contributed by atoms with Gasteiger partial charge in [-0.15, -0.1) is 0 Å². The van der Waals surface area contributed by atoms with Crippen LogP contribution < -0.4 is 10.1 Å². The summed E-state index contributed by atoms with van der Waals surface area (Å²) in [6.07, 6.45) is 0. The highest BCUT2D eigenvalue weighted by Crippen LogP contribution is 2.29. The van der Waals surface area contributed by atoms with E-state index in [2.05, 4.69) is 0 Å². The van der Waals surface area contributed by atoms with Crippen LogP contribution in [-0.2, 0) is 4.79 Å². The molecule has 2 rings (SSSR count). The molecule has 0 atom stereocenters. The van der Waals surface area contributed by atoms with Crippen molar-refractivity contribution in [3.8, 4) is 5.75 Å². The number of nitrogens with one attached hydrogen (secondary N) is 1. The largest absolute Gasteiger partial charge is 0.477 e. The molecule has 126 valence electrons. The maximum absolute atomic E-state index is 13.4. The molecule has 1 N–H and O–H groups in total. The number of hydrogen-bond donors (Lipinski definition) is 1. The second kappa shape index (κ2) is 7.18. The predicted octanol–water partition coefficient (Wildman–Crippen LogP) is 3.68. The lowest BCUT2D eigenvalue weighted by molar-refractivity contribution is -0.385. The molecule has 2 aromatic carbocycles. The van der Waals surface area contributed by atoms with Crippen molar-refractivity contribution in [3.05, 3.63) is 62.9 Å². The summed E-state index contributed by atoms with van der Waals surface area (Å²) < 4.78 is 44.2. The van der Waals surface area contributed by atoms with Crippen LogP contribution in [0.1, 0.15) is 0 Å². The Morgan fingerprint density at radius 1 is 1.21 bits per heavy atom. The van der Waals surface area contributed by atoms with Crippen LogP contribution in [0.5, 0.6) is 5.75 Å². The minimum absolute atomic E-state index is 0.0994. The number of carbonyl (C=O) groups excluding carboxylic acids is 1. The zero-order chi connectivity index (χ0) is 17.9. The van der Waals surface area contributed by atoms with Gasteiger partial charge in [-0.05, 0) is 24.3 Å². The molecule has 2 aromatic rings. The summed E-state index contributed by atoms with van der Waals surface area (Å²) >= 11 is 5.63. The van der Waals surface area contributed by atoms with E-state index in [0.717, 1.165) is 12.1 Å². The van der Waals surface area contributed by atoms with Gasteiger partial charge in [0.25, 0.3) is 5.91 Å². The summed E-state index contributed by atoms with van der Waals surface area (Å²) in [5.41, 5.74) is -1.05. The van der Waals surface area contributed by atoms with Crippen LogP contribution in [0.25, 0.3) is 0 Å². The van der Waals surface area contributed by atoms with Gasteiger partial charge in [0.15, 0.2) is 29.8 Å². The molecular weight excluding hydrogens is 353 g/mol. The first-order chi connectivity index (χ1) is 11.3. The van der Waals surface area contributed by atoms with Crippen LogP contribution in [0.2, 0.25) is 5.02 Å². The van der Waals surface area contributed by atoms with E-state index < -0.39 is 46.3 Å². The van der Waals surface area contributed by atoms with Crippen LogP contribution in [0, 0.1) is 27.6 Å². The molecular formula is C14H8ClF3N2O4. The van der Waals surface area contributed by atoms with Crippen molar-refractivity contribution < 1.29 is 27.6 Å². The molecule has 0 bridgehead atoms. The molecule has 0 spiro atoms. The van der Waals surface area contributed by atoms with Crippen molar-refractivity contribution in [2.75, 3.05) is 11.9 Å². The van der Waals surface area contributed by atoms with Gasteiger partial charge in [0.1, 0.15) is 0 Å². The number of nitro benzene ring substituents is 1. The number of nitro groups is 1. The number of amides is 1. The van der Waals surface area contributed by atoms with E-state index in [1.165, 1.54) is 12.1 Å². The minimum atomic E-state index is -1.73. The summed E-state index contributed by atoms with van der Waals surface area (Å²) in [4.78, 5) is 21.8. The van der Waals surface area contributed by atoms with Gasteiger partial charge in [-0.3, -0.25) is 14.9 Å². The summed E-state index contributed by atoms with van der Waals surface area (Å²) in [5.74, 6) is -5.86. The Morgan fingerprint density at radius 2 is 1.92 bits per heavy atom. The Labute approximate surface area is 137 Å². The average molecular weight is 361 g/mol. The molecule has 0 saturated heterocycles. The Balaban J connectivity index is 2.07. The predicted molar refractivity (Wildman–Crippen MR) is 78.5 cm³/mol. The van der Waals surface area contributed by atoms with Gasteiger partial charge in [0, 0.05) is 11.1 Å². The lowest BCUT2D eigenvalue weighted by atomic mass is 10.2. The number of rotatable bonds is 5. The highest BCUT2D eigenvalue weighted by Gasteiger charge is 2.18. The van der Waals surface area contributed by atoms with Crippen molar-refractivity contribution in [2.45, 2.75) is 0 Å². The van der Waals surface area contributed by atoms with Gasteiger partial charge in [-0.1, -0.05) is 11.6 Å². The highest BCUT2D eigenvalue weighted by atomic mass is 35.5. The highest BCUT2D eigenvalue weighted by molar-refractivity contribution is 6.30. The molecule has 0 unspecified atom stereocenters. The monoisotopic (exact) mass is 360 g/mol. The maximum atomic E-state index is 13.4. The second-order valence-electron chi connectivity index (χ2n) is 4.43. The molecule has 24 heavy (non-hydrogen) atoms. The summed E-state index contributed by atoms with van der Waals surface area (Å²) in [6.45, 7) is -0.721. The first-order valence-electron chi connectivity index (χ1n) is 6.29. The third kappa shape index (κ3) is 3.93. The fraction of sp³-hybridized carbons (Fsp3) is 0.0714. The lowest BCUT2D eigenvalue weighted by Crippen LogP contribution is -2.21. The summed E-state index contributed by atoms with van der Waals surface area (Å²) in [7, 11) is 0. The molecule has 10 heteroatoms. The fourth-order valence-electron chi connectivity index (χ4n) is 1.71. The zero-order valence-electron chi connectivity index (χ0n) is 11.7. The van der Waals surface area contributed by atoms with Gasteiger partial charge in [-0.2, -0.15) is 0 Å². The van der Waals surface area contributed by atoms with Crippen molar-refractivity contribution in [2.24, 2.45) is 0 Å². The number of carbonyl (C=O) groups is 1. The number of ether oxygens (including phenoxy) is 1. The van der Waals surface area contributed by atoms with Crippen molar-refractivity contribution in [1.29, 1.82) is 0 Å². The number of benzene rings is 2. The van der Waals surface area contributed by atoms with Gasteiger partial charge in [0.2, 0.25) is 0 Å². The lowest BCUT2D eigenvalue weighted by Gasteiger charge is -2.09. The standard InChI is InChI=1S/C14H8ClF3N2O4/c15-7-1-4-11(10(5-7)20(22)23)24-6-12(21)19-9-3-2-8(16)13(17)14(9)18/h1-5H,6H2,(H,19,21). The average Bonchev–Trinajstić information content (AvgIpc) is 2.54. The Kier molecular flexibility index (Phi) is 5.24. The molecule has 0 aliphatic carbocycles. The van der Waals surface area contributed by atoms with E-state index in [0.29, 0.717) is 6.07 Å². The SMILES string of the molecule is O=C(COc1ccc(Cl)cc1[N+](=O)[O-])Nc1ccc(F)c(F)c1F. The third-order valence-corrected chi connectivity index (χ3v) is 3.02. The van der Waals surface area contributed by atoms with E-state index in [9.17, 15) is 28.1 Å². The van der Waals surface area contributed by atoms with E-state index in [4.69, 9.17) is 16.3 Å². The van der Waals surface area contributed by atoms with Crippen LogP contribution >= 0.6 is 11.6 Å². The molecule has 0 saturated carbocycles. The first kappa shape index (κ1) is 17.5. The van der Waals surface area contributed by atoms with Crippen molar-refractivity contribution in [1.82, 2.24) is 0 Å². The normalized spacial score (nSPS) is 10.3. The van der Waals surface area contributed by atoms with Crippen LogP contribution in [0.15, 0.2) is 30.3 Å². The van der Waals surface area contributed by atoms with Gasteiger partial charge in [-0.25, -0.2) is 13.2 Å². The fourth-order valence-corrected chi connectivity index (χ4v) is 1.87. The number of hydrogen-bond acceptors (Lipinski definition) is 4. The Bertz CT molecular complexity index is 817. The number of halogens is 4. The first-order valence-corrected chi connectivity index (χ1v) is 6.67. The smallest absolute Gasteiger partial charge is 0.312 e. The molecule has 0 fully saturated rings. The second-order valence-corrected chi connectivity index (χ2v) is 4.87. The van der Waals surface area contributed by atoms with Crippen LogP contribution in [0.4, 0.5) is 24.5 Å². The molecule has 0 radical (unpaired) electrons. The van der Waals surface area contributed by atoms with E-state index in [-0.39, 0.29) is 10.8 Å². The zero-order valence-corrected chi connectivity index (χ0v) is 12.4. The summed E-state index contributed by atoms with van der Waals surface area (Å²) in [6, 6.07) is 5.00. The van der Waals surface area contributed by atoms with Crippen LogP contribution in [0.3, 0.4) is 0 Å². The maximum Gasteiger partial charge on any atom is 0.312 e. The molecule has 0 aromatic heterocycles. The number of anilines is 1. The molecule has 0 aliphatic heterocycles. The molecule has 0 aliphatic rings. The van der Waals surface area contributed by atoms with E-state index in [1.54, 1.807) is 0 Å². The van der Waals surface area contributed by atoms with Crippen molar-refractivity contribution in [3.63, 3.8) is 0 Å². The Hall–Kier alpha value is -2.81.